The number of nitrogens with one attached hydrogen (secondary N) is 1. The number of hydrogen-bond donors (Lipinski definition) is 2. The Morgan fingerprint density at radius 1 is 1.26 bits per heavy atom. The molecule has 0 aliphatic rings. The minimum absolute atomic E-state index is 0.0957. The van der Waals surface area contributed by atoms with Crippen LogP contribution in [0.1, 0.15) is 50.0 Å². The van der Waals surface area contributed by atoms with Gasteiger partial charge in [0.2, 0.25) is 0 Å². The Labute approximate surface area is 116 Å². The molecule has 0 saturated heterocycles. The molecule has 2 N–H and O–H groups in total. The third-order valence-electron chi connectivity index (χ3n) is 3.21. The second kappa shape index (κ2) is 6.83. The van der Waals surface area contributed by atoms with Crippen molar-refractivity contribution in [3.8, 4) is 0 Å². The van der Waals surface area contributed by atoms with Crippen molar-refractivity contribution in [1.82, 2.24) is 5.32 Å². The molecule has 1 atom stereocenters. The summed E-state index contributed by atoms with van der Waals surface area (Å²) >= 11 is 0. The van der Waals surface area contributed by atoms with E-state index >= 15 is 0 Å². The Morgan fingerprint density at radius 2 is 1.84 bits per heavy atom. The third-order valence-corrected chi connectivity index (χ3v) is 3.21. The Bertz CT molecular complexity index is 404. The van der Waals surface area contributed by atoms with E-state index in [0.29, 0.717) is 13.0 Å². The van der Waals surface area contributed by atoms with Crippen LogP contribution in [0.2, 0.25) is 0 Å². The van der Waals surface area contributed by atoms with Gasteiger partial charge in [-0.05, 0) is 30.9 Å². The number of benzene rings is 1. The van der Waals surface area contributed by atoms with Gasteiger partial charge in [0.1, 0.15) is 0 Å². The van der Waals surface area contributed by atoms with Crippen LogP contribution in [0.4, 0.5) is 0 Å². The molecule has 0 fully saturated rings. The van der Waals surface area contributed by atoms with Crippen LogP contribution in [0.5, 0.6) is 0 Å². The van der Waals surface area contributed by atoms with E-state index in [0.717, 1.165) is 5.56 Å². The summed E-state index contributed by atoms with van der Waals surface area (Å²) < 4.78 is 0. The molecule has 0 amide bonds. The fraction of sp³-hybridized carbons (Fsp3) is 0.562. The van der Waals surface area contributed by atoms with Gasteiger partial charge in [0.25, 0.3) is 0 Å². The van der Waals surface area contributed by atoms with E-state index in [1.807, 2.05) is 31.2 Å². The minimum atomic E-state index is -0.216. The fourth-order valence-electron chi connectivity index (χ4n) is 1.87. The van der Waals surface area contributed by atoms with Gasteiger partial charge in [-0.3, -0.25) is 4.79 Å². The first-order chi connectivity index (χ1) is 8.86. The molecule has 0 aliphatic carbocycles. The molecule has 1 aromatic carbocycles. The van der Waals surface area contributed by atoms with Crippen molar-refractivity contribution in [2.24, 2.45) is 0 Å². The summed E-state index contributed by atoms with van der Waals surface area (Å²) in [7, 11) is 0. The Kier molecular flexibility index (Phi) is 5.70. The number of Topliss-reactive ketones (excluding diaryl/α,β-unsaturated/α-hetero) is 1. The molecule has 0 heterocycles. The predicted molar refractivity (Wildman–Crippen MR) is 78.6 cm³/mol. The zero-order chi connectivity index (χ0) is 14.5. The highest BCUT2D eigenvalue weighted by Crippen LogP contribution is 2.22. The van der Waals surface area contributed by atoms with Gasteiger partial charge in [-0.1, -0.05) is 45.0 Å². The zero-order valence-electron chi connectivity index (χ0n) is 12.4. The maximum absolute atomic E-state index is 12.2. The second-order valence-corrected chi connectivity index (χ2v) is 5.94. The number of ketones is 1. The first kappa shape index (κ1) is 15.9. The minimum Gasteiger partial charge on any atom is -0.396 e. The average Bonchev–Trinajstić information content (AvgIpc) is 2.37. The molecule has 1 aromatic rings. The highest BCUT2D eigenvalue weighted by Gasteiger charge is 2.17. The lowest BCUT2D eigenvalue weighted by atomic mass is 9.86. The lowest BCUT2D eigenvalue weighted by Crippen LogP contribution is -2.35. The van der Waals surface area contributed by atoms with Crippen LogP contribution in [0.15, 0.2) is 24.3 Å². The molecule has 19 heavy (non-hydrogen) atoms. The quantitative estimate of drug-likeness (QED) is 0.612. The molecule has 106 valence electrons. The van der Waals surface area contributed by atoms with Crippen molar-refractivity contribution < 1.29 is 9.90 Å². The summed E-state index contributed by atoms with van der Waals surface area (Å²) in [6.45, 7) is 9.13. The van der Waals surface area contributed by atoms with Crippen LogP contribution < -0.4 is 5.32 Å². The van der Waals surface area contributed by atoms with Crippen molar-refractivity contribution in [2.75, 3.05) is 13.2 Å². The summed E-state index contributed by atoms with van der Waals surface area (Å²) in [5.41, 5.74) is 2.06. The molecule has 3 heteroatoms. The Hall–Kier alpha value is -1.19. The van der Waals surface area contributed by atoms with Crippen LogP contribution >= 0.6 is 0 Å². The van der Waals surface area contributed by atoms with E-state index < -0.39 is 0 Å². The molecule has 1 rings (SSSR count). The highest BCUT2D eigenvalue weighted by molar-refractivity contribution is 5.99. The molecule has 0 radical (unpaired) electrons. The smallest absolute Gasteiger partial charge is 0.179 e. The molecule has 1 unspecified atom stereocenters. The van der Waals surface area contributed by atoms with E-state index in [9.17, 15) is 4.79 Å². The van der Waals surface area contributed by atoms with Crippen molar-refractivity contribution >= 4 is 5.78 Å². The molecular formula is C16H25NO2. The maximum Gasteiger partial charge on any atom is 0.179 e. The molecule has 3 nitrogen and oxygen atoms in total. The lowest BCUT2D eigenvalue weighted by Gasteiger charge is -2.19. The molecular weight excluding hydrogens is 238 g/mol. The zero-order valence-corrected chi connectivity index (χ0v) is 12.4. The largest absolute Gasteiger partial charge is 0.396 e. The average molecular weight is 263 g/mol. The van der Waals surface area contributed by atoms with Gasteiger partial charge in [-0.25, -0.2) is 0 Å². The van der Waals surface area contributed by atoms with Crippen LogP contribution in [-0.2, 0) is 5.41 Å². The van der Waals surface area contributed by atoms with E-state index in [1.165, 1.54) is 5.56 Å². The van der Waals surface area contributed by atoms with Crippen LogP contribution in [0.3, 0.4) is 0 Å². The van der Waals surface area contributed by atoms with Gasteiger partial charge >= 0.3 is 0 Å². The van der Waals surface area contributed by atoms with Crippen LogP contribution in [0.25, 0.3) is 0 Å². The summed E-state index contributed by atoms with van der Waals surface area (Å²) in [5, 5.41) is 11.8. The van der Waals surface area contributed by atoms with Crippen molar-refractivity contribution in [3.63, 3.8) is 0 Å². The molecule has 0 saturated carbocycles. The third kappa shape index (κ3) is 4.77. The summed E-state index contributed by atoms with van der Waals surface area (Å²) in [5.74, 6) is 0.0957. The van der Waals surface area contributed by atoms with Crippen LogP contribution in [0, 0.1) is 0 Å². The molecule has 0 bridgehead atoms. The van der Waals surface area contributed by atoms with Gasteiger partial charge in [-0.2, -0.15) is 0 Å². The highest BCUT2D eigenvalue weighted by atomic mass is 16.3. The van der Waals surface area contributed by atoms with Gasteiger partial charge in [0.05, 0.1) is 6.04 Å². The summed E-state index contributed by atoms with van der Waals surface area (Å²) in [4.78, 5) is 12.2. The van der Waals surface area contributed by atoms with E-state index in [-0.39, 0.29) is 23.8 Å². The van der Waals surface area contributed by atoms with E-state index in [4.69, 9.17) is 5.11 Å². The second-order valence-electron chi connectivity index (χ2n) is 5.94. The predicted octanol–water partition coefficient (Wildman–Crippen LogP) is 2.53. The number of carbonyl (C=O) groups is 1. The van der Waals surface area contributed by atoms with Gasteiger partial charge < -0.3 is 10.4 Å². The normalized spacial score (nSPS) is 13.3. The lowest BCUT2D eigenvalue weighted by molar-refractivity contribution is 0.0950. The summed E-state index contributed by atoms with van der Waals surface area (Å²) in [6.07, 6.45) is 0.667. The summed E-state index contributed by atoms with van der Waals surface area (Å²) in [6, 6.07) is 7.62. The van der Waals surface area contributed by atoms with Gasteiger partial charge in [-0.15, -0.1) is 0 Å². The number of carbonyl (C=O) groups excluding carboxylic acids is 1. The first-order valence-corrected chi connectivity index (χ1v) is 6.85. The van der Waals surface area contributed by atoms with E-state index in [2.05, 4.69) is 26.1 Å². The number of aliphatic hydroxyl groups is 1. The van der Waals surface area contributed by atoms with Crippen LogP contribution in [-0.4, -0.2) is 30.1 Å². The van der Waals surface area contributed by atoms with Gasteiger partial charge in [0, 0.05) is 12.2 Å². The fourth-order valence-corrected chi connectivity index (χ4v) is 1.87. The van der Waals surface area contributed by atoms with Gasteiger partial charge in [0.15, 0.2) is 5.78 Å². The number of hydrogen-bond acceptors (Lipinski definition) is 3. The standard InChI is InChI=1S/C16H25NO2/c1-12(17-10-5-11-18)15(19)13-6-8-14(9-7-13)16(2,3)4/h6-9,12,17-18H,5,10-11H2,1-4H3. The number of aliphatic hydroxyl groups excluding tert-OH is 1. The van der Waals surface area contributed by atoms with E-state index in [1.54, 1.807) is 0 Å². The molecule has 0 aliphatic heterocycles. The Morgan fingerprint density at radius 3 is 2.32 bits per heavy atom. The molecule has 0 spiro atoms. The van der Waals surface area contributed by atoms with Crippen molar-refractivity contribution in [2.45, 2.75) is 45.6 Å². The Balaban J connectivity index is 2.67. The molecule has 0 aromatic heterocycles. The number of rotatable bonds is 6. The topological polar surface area (TPSA) is 49.3 Å². The SMILES string of the molecule is CC(NCCCO)C(=O)c1ccc(C(C)(C)C)cc1. The first-order valence-electron chi connectivity index (χ1n) is 6.85. The maximum atomic E-state index is 12.2. The monoisotopic (exact) mass is 263 g/mol. The van der Waals surface area contributed by atoms with Crippen molar-refractivity contribution in [3.05, 3.63) is 35.4 Å². The van der Waals surface area contributed by atoms with Crippen molar-refractivity contribution in [1.29, 1.82) is 0 Å².